The molecule has 0 radical (unpaired) electrons. The zero-order chi connectivity index (χ0) is 25.9. The minimum atomic E-state index is -3.32. The molecule has 4 rings (SSSR count). The van der Waals surface area contributed by atoms with Crippen molar-refractivity contribution in [2.24, 2.45) is 0 Å². The van der Waals surface area contributed by atoms with Crippen LogP contribution in [0.4, 0.5) is 11.7 Å². The lowest BCUT2D eigenvalue weighted by Crippen LogP contribution is -2.38. The van der Waals surface area contributed by atoms with E-state index in [0.717, 1.165) is 31.5 Å². The van der Waals surface area contributed by atoms with E-state index in [-0.39, 0.29) is 28.1 Å². The van der Waals surface area contributed by atoms with Crippen LogP contribution in [0.15, 0.2) is 39.6 Å². The van der Waals surface area contributed by atoms with Crippen molar-refractivity contribution in [2.45, 2.75) is 44.2 Å². The first kappa shape index (κ1) is 25.7. The fraction of sp³-hybridized carbons (Fsp3) is 0.458. The van der Waals surface area contributed by atoms with Gasteiger partial charge < -0.3 is 19.2 Å². The summed E-state index contributed by atoms with van der Waals surface area (Å²) in [5.41, 5.74) is 1.70. The summed E-state index contributed by atoms with van der Waals surface area (Å²) in [6, 6.07) is 8.54. The number of fused-ring (bicyclic) bond motifs is 1. The van der Waals surface area contributed by atoms with Crippen molar-refractivity contribution in [2.75, 3.05) is 37.9 Å². The molecule has 1 aromatic heterocycles. The highest BCUT2D eigenvalue weighted by Gasteiger charge is 2.25. The van der Waals surface area contributed by atoms with Gasteiger partial charge in [0.1, 0.15) is 5.52 Å². The largest absolute Gasteiger partial charge is 0.490 e. The minimum absolute atomic E-state index is 0.0247. The van der Waals surface area contributed by atoms with Crippen LogP contribution in [0.1, 0.15) is 32.3 Å². The highest BCUT2D eigenvalue weighted by Crippen LogP contribution is 2.38. The summed E-state index contributed by atoms with van der Waals surface area (Å²) in [7, 11) is -1.92. The zero-order valence-electron chi connectivity index (χ0n) is 20.5. The predicted octanol–water partition coefficient (Wildman–Crippen LogP) is 4.01. The normalized spacial score (nSPS) is 15.2. The number of anilines is 1. The molecule has 36 heavy (non-hydrogen) atoms. The van der Waals surface area contributed by atoms with E-state index in [4.69, 9.17) is 13.9 Å². The quantitative estimate of drug-likeness (QED) is 0.309. The SMILES string of the molecule is CCOc1cc(CN2CCC(Nc3nc4cc(S(=O)(=O)CC)ccc4o3)CC2)cc([N+](=O)[O-])c1OC. The summed E-state index contributed by atoms with van der Waals surface area (Å²) in [4.78, 5) is 18.0. The molecule has 0 aliphatic carbocycles. The van der Waals surface area contributed by atoms with E-state index in [0.29, 0.717) is 36.0 Å². The molecule has 2 heterocycles. The summed E-state index contributed by atoms with van der Waals surface area (Å²) in [5.74, 6) is 0.523. The maximum atomic E-state index is 12.1. The van der Waals surface area contributed by atoms with Gasteiger partial charge in [0.15, 0.2) is 21.2 Å². The molecule has 0 unspecified atom stereocenters. The van der Waals surface area contributed by atoms with Crippen LogP contribution in [0.25, 0.3) is 11.1 Å². The number of ether oxygens (including phenoxy) is 2. The van der Waals surface area contributed by atoms with Crippen molar-refractivity contribution in [3.8, 4) is 11.5 Å². The first-order valence-corrected chi connectivity index (χ1v) is 13.5. The van der Waals surface area contributed by atoms with Crippen LogP contribution in [-0.2, 0) is 16.4 Å². The molecule has 1 fully saturated rings. The van der Waals surface area contributed by atoms with Gasteiger partial charge >= 0.3 is 5.69 Å². The lowest BCUT2D eigenvalue weighted by Gasteiger charge is -2.32. The maximum absolute atomic E-state index is 12.1. The molecule has 0 atom stereocenters. The number of methoxy groups -OCH3 is 1. The molecule has 12 heteroatoms. The van der Waals surface area contributed by atoms with Gasteiger partial charge in [-0.3, -0.25) is 15.0 Å². The van der Waals surface area contributed by atoms with Gasteiger partial charge in [-0.2, -0.15) is 4.98 Å². The zero-order valence-corrected chi connectivity index (χ0v) is 21.3. The summed E-state index contributed by atoms with van der Waals surface area (Å²) >= 11 is 0. The van der Waals surface area contributed by atoms with Crippen molar-refractivity contribution in [3.05, 3.63) is 46.0 Å². The number of nitro groups is 1. The Morgan fingerprint density at radius 2 is 1.97 bits per heavy atom. The van der Waals surface area contributed by atoms with E-state index in [1.54, 1.807) is 19.1 Å². The lowest BCUT2D eigenvalue weighted by atomic mass is 10.0. The number of hydrogen-bond donors (Lipinski definition) is 1. The molecule has 0 amide bonds. The van der Waals surface area contributed by atoms with E-state index >= 15 is 0 Å². The number of nitro benzene ring substituents is 1. The Kier molecular flexibility index (Phi) is 7.65. The van der Waals surface area contributed by atoms with Gasteiger partial charge in [0.2, 0.25) is 5.75 Å². The molecule has 1 N–H and O–H groups in total. The topological polar surface area (TPSA) is 137 Å². The molecule has 3 aromatic rings. The second-order valence-electron chi connectivity index (χ2n) is 8.58. The average Bonchev–Trinajstić information content (AvgIpc) is 3.26. The molecule has 1 saturated heterocycles. The van der Waals surface area contributed by atoms with Gasteiger partial charge in [-0.05, 0) is 49.6 Å². The summed E-state index contributed by atoms with van der Waals surface area (Å²) in [6.07, 6.45) is 1.65. The highest BCUT2D eigenvalue weighted by molar-refractivity contribution is 7.91. The molecule has 194 valence electrons. The van der Waals surface area contributed by atoms with Crippen LogP contribution < -0.4 is 14.8 Å². The van der Waals surface area contributed by atoms with Crippen molar-refractivity contribution >= 4 is 32.6 Å². The Hall–Kier alpha value is -3.38. The van der Waals surface area contributed by atoms with Gasteiger partial charge in [0.05, 0.1) is 29.3 Å². The van der Waals surface area contributed by atoms with E-state index in [1.807, 2.05) is 6.92 Å². The number of sulfone groups is 1. The molecular weight excluding hydrogens is 488 g/mol. The van der Waals surface area contributed by atoms with Gasteiger partial charge in [0.25, 0.3) is 6.01 Å². The van der Waals surface area contributed by atoms with Crippen molar-refractivity contribution in [1.29, 1.82) is 0 Å². The second-order valence-corrected chi connectivity index (χ2v) is 10.9. The van der Waals surface area contributed by atoms with Gasteiger partial charge in [0, 0.05) is 31.7 Å². The molecular formula is C24H30N4O7S. The summed E-state index contributed by atoms with van der Waals surface area (Å²) in [6.45, 7) is 5.91. The fourth-order valence-corrected chi connectivity index (χ4v) is 5.23. The highest BCUT2D eigenvalue weighted by atomic mass is 32.2. The smallest absolute Gasteiger partial charge is 0.315 e. The Morgan fingerprint density at radius 3 is 2.61 bits per heavy atom. The number of hydrogen-bond acceptors (Lipinski definition) is 10. The first-order valence-electron chi connectivity index (χ1n) is 11.8. The van der Waals surface area contributed by atoms with Crippen LogP contribution in [-0.4, -0.2) is 61.8 Å². The van der Waals surface area contributed by atoms with E-state index in [9.17, 15) is 18.5 Å². The molecule has 0 bridgehead atoms. The van der Waals surface area contributed by atoms with Gasteiger partial charge in [-0.1, -0.05) is 6.92 Å². The molecule has 1 aliphatic rings. The lowest BCUT2D eigenvalue weighted by molar-refractivity contribution is -0.385. The number of oxazole rings is 1. The Morgan fingerprint density at radius 1 is 1.22 bits per heavy atom. The van der Waals surface area contributed by atoms with E-state index in [2.05, 4.69) is 15.2 Å². The molecule has 1 aliphatic heterocycles. The number of benzene rings is 2. The number of aromatic nitrogens is 1. The third-order valence-electron chi connectivity index (χ3n) is 6.22. The standard InChI is InChI=1S/C24H30N4O7S/c1-4-34-22-13-16(12-20(28(29)30)23(22)33-3)15-27-10-8-17(9-11-27)25-24-26-19-14-18(36(31,32)5-2)6-7-21(19)35-24/h6-7,12-14,17H,4-5,8-11,15H2,1-3H3,(H,25,26). The average molecular weight is 519 g/mol. The number of piperidine rings is 1. The number of nitrogens with one attached hydrogen (secondary N) is 1. The monoisotopic (exact) mass is 518 g/mol. The number of likely N-dealkylation sites (tertiary alicyclic amines) is 1. The van der Waals surface area contributed by atoms with Crippen molar-refractivity contribution in [3.63, 3.8) is 0 Å². The molecule has 0 saturated carbocycles. The maximum Gasteiger partial charge on any atom is 0.315 e. The Labute approximate surface area is 209 Å². The second kappa shape index (κ2) is 10.7. The minimum Gasteiger partial charge on any atom is -0.490 e. The molecule has 2 aromatic carbocycles. The van der Waals surface area contributed by atoms with Gasteiger partial charge in [-0.15, -0.1) is 0 Å². The first-order chi connectivity index (χ1) is 17.2. The Bertz CT molecular complexity index is 1350. The third kappa shape index (κ3) is 5.54. The van der Waals surface area contributed by atoms with E-state index < -0.39 is 14.8 Å². The molecule has 11 nitrogen and oxygen atoms in total. The van der Waals surface area contributed by atoms with Gasteiger partial charge in [-0.25, -0.2) is 8.42 Å². The summed E-state index contributed by atoms with van der Waals surface area (Å²) < 4.78 is 40.9. The van der Waals surface area contributed by atoms with Crippen molar-refractivity contribution < 1.29 is 27.2 Å². The van der Waals surface area contributed by atoms with Crippen LogP contribution in [0.5, 0.6) is 11.5 Å². The number of rotatable bonds is 10. The van der Waals surface area contributed by atoms with Crippen LogP contribution in [0.3, 0.4) is 0 Å². The fourth-order valence-electron chi connectivity index (χ4n) is 4.34. The van der Waals surface area contributed by atoms with E-state index in [1.165, 1.54) is 25.3 Å². The Balaban J connectivity index is 1.40. The summed E-state index contributed by atoms with van der Waals surface area (Å²) in [5, 5.41) is 14.9. The molecule has 0 spiro atoms. The van der Waals surface area contributed by atoms with Crippen LogP contribution >= 0.6 is 0 Å². The van der Waals surface area contributed by atoms with Crippen molar-refractivity contribution in [1.82, 2.24) is 9.88 Å². The van der Waals surface area contributed by atoms with Crippen LogP contribution in [0.2, 0.25) is 0 Å². The number of nitrogens with zero attached hydrogens (tertiary/aromatic N) is 3. The van der Waals surface area contributed by atoms with Crippen LogP contribution in [0, 0.1) is 10.1 Å². The third-order valence-corrected chi connectivity index (χ3v) is 7.95. The predicted molar refractivity (Wildman–Crippen MR) is 134 cm³/mol.